The molecule has 0 unspecified atom stereocenters. The molecule has 0 aliphatic carbocycles. The van der Waals surface area contributed by atoms with Crippen molar-refractivity contribution in [3.63, 3.8) is 0 Å². The average molecular weight is 301 g/mol. The lowest BCUT2D eigenvalue weighted by Gasteiger charge is -2.18. The Kier molecular flexibility index (Phi) is 4.40. The minimum atomic E-state index is -5.73. The average Bonchev–Trinajstić information content (AvgIpc) is 2.73. The van der Waals surface area contributed by atoms with Crippen molar-refractivity contribution in [3.8, 4) is 0 Å². The van der Waals surface area contributed by atoms with Crippen LogP contribution in [0.3, 0.4) is 0 Å². The number of nitrogens with zero attached hydrogens (tertiary/aromatic N) is 3. The van der Waals surface area contributed by atoms with Crippen LogP contribution in [0.1, 0.15) is 12.8 Å². The lowest BCUT2D eigenvalue weighted by Crippen LogP contribution is -2.36. The Balaban J connectivity index is 2.61. The summed E-state index contributed by atoms with van der Waals surface area (Å²) in [5, 5.41) is 10.5. The van der Waals surface area contributed by atoms with E-state index in [1.54, 1.807) is 0 Å². The Morgan fingerprint density at radius 1 is 1.35 bits per heavy atom. The molecule has 0 radical (unpaired) electrons. The van der Waals surface area contributed by atoms with Gasteiger partial charge in [0.2, 0.25) is 0 Å². The van der Waals surface area contributed by atoms with Crippen molar-refractivity contribution in [2.75, 3.05) is 0 Å². The second-order valence-electron chi connectivity index (χ2n) is 3.85. The Bertz CT molecular complexity index is 511. The summed E-state index contributed by atoms with van der Waals surface area (Å²) in [6.07, 6.45) is -6.42. The first-order chi connectivity index (χ1) is 9.04. The largest absolute Gasteiger partial charge is 0.453 e. The zero-order valence-corrected chi connectivity index (χ0v) is 9.73. The molecular weight excluding hydrogens is 293 g/mol. The topological polar surface area (TPSA) is 78.0 Å². The molecule has 0 bridgehead atoms. The number of hydrogen-bond acceptors (Lipinski definition) is 4. The molecule has 1 rings (SSSR count). The van der Waals surface area contributed by atoms with Gasteiger partial charge in [0.1, 0.15) is 18.9 Å². The van der Waals surface area contributed by atoms with E-state index in [4.69, 9.17) is 0 Å². The lowest BCUT2D eigenvalue weighted by atomic mass is 10.1. The Morgan fingerprint density at radius 3 is 2.45 bits per heavy atom. The van der Waals surface area contributed by atoms with Gasteiger partial charge in [-0.1, -0.05) is 4.98 Å². The number of carbonyl (C=O) groups is 1. The van der Waals surface area contributed by atoms with Crippen molar-refractivity contribution in [3.05, 3.63) is 22.5 Å². The number of rotatable bonds is 6. The predicted octanol–water partition coefficient (Wildman–Crippen LogP) is 2.34. The van der Waals surface area contributed by atoms with Crippen LogP contribution < -0.4 is 0 Å². The van der Waals surface area contributed by atoms with Gasteiger partial charge >= 0.3 is 18.0 Å². The van der Waals surface area contributed by atoms with Crippen molar-refractivity contribution in [1.29, 1.82) is 0 Å². The summed E-state index contributed by atoms with van der Waals surface area (Å²) >= 11 is 0. The third-order valence-electron chi connectivity index (χ3n) is 2.34. The molecular formula is C9H8F5N3O3. The molecule has 20 heavy (non-hydrogen) atoms. The van der Waals surface area contributed by atoms with E-state index in [2.05, 4.69) is 4.98 Å². The Labute approximate surface area is 108 Å². The fraction of sp³-hybridized carbons (Fsp3) is 0.556. The van der Waals surface area contributed by atoms with Gasteiger partial charge in [0, 0.05) is 12.8 Å². The van der Waals surface area contributed by atoms with E-state index in [0.717, 1.165) is 17.0 Å². The summed E-state index contributed by atoms with van der Waals surface area (Å²) in [4.78, 5) is 24.1. The van der Waals surface area contributed by atoms with Crippen LogP contribution in [0.2, 0.25) is 0 Å². The number of alkyl halides is 5. The van der Waals surface area contributed by atoms with Gasteiger partial charge in [-0.2, -0.15) is 22.0 Å². The molecule has 1 aromatic rings. The molecule has 0 saturated carbocycles. The minimum Gasteiger partial charge on any atom is -0.390 e. The van der Waals surface area contributed by atoms with Gasteiger partial charge in [-0.3, -0.25) is 4.79 Å². The van der Waals surface area contributed by atoms with Gasteiger partial charge in [0.05, 0.1) is 0 Å². The molecule has 0 spiro atoms. The minimum absolute atomic E-state index is 0.690. The van der Waals surface area contributed by atoms with Gasteiger partial charge in [-0.05, 0) is 4.92 Å². The summed E-state index contributed by atoms with van der Waals surface area (Å²) in [6.45, 7) is -0.690. The third kappa shape index (κ3) is 3.71. The third-order valence-corrected chi connectivity index (χ3v) is 2.34. The SMILES string of the molecule is O=C(CCC(F)(F)C(F)(F)F)Cn1ccnc1[N+](=O)[O-]. The van der Waals surface area contributed by atoms with Crippen LogP contribution >= 0.6 is 0 Å². The van der Waals surface area contributed by atoms with Crippen molar-refractivity contribution < 1.29 is 31.7 Å². The van der Waals surface area contributed by atoms with Crippen LogP contribution in [0.4, 0.5) is 27.9 Å². The van der Waals surface area contributed by atoms with Gasteiger partial charge in [-0.25, -0.2) is 4.57 Å². The molecule has 0 atom stereocenters. The zero-order valence-electron chi connectivity index (χ0n) is 9.73. The van der Waals surface area contributed by atoms with Crippen LogP contribution in [0, 0.1) is 10.1 Å². The van der Waals surface area contributed by atoms with Gasteiger partial charge in [-0.15, -0.1) is 0 Å². The monoisotopic (exact) mass is 301 g/mol. The first-order valence-electron chi connectivity index (χ1n) is 5.16. The molecule has 11 heteroatoms. The van der Waals surface area contributed by atoms with Gasteiger partial charge in [0.25, 0.3) is 0 Å². The molecule has 1 aromatic heterocycles. The number of halogens is 5. The van der Waals surface area contributed by atoms with Crippen molar-refractivity contribution in [1.82, 2.24) is 9.55 Å². The highest BCUT2D eigenvalue weighted by molar-refractivity contribution is 5.78. The highest BCUT2D eigenvalue weighted by Gasteiger charge is 2.56. The summed E-state index contributed by atoms with van der Waals surface area (Å²) in [7, 11) is 0. The number of ketones is 1. The molecule has 0 fully saturated rings. The molecule has 0 amide bonds. The smallest absolute Gasteiger partial charge is 0.390 e. The van der Waals surface area contributed by atoms with Crippen molar-refractivity contribution in [2.45, 2.75) is 31.5 Å². The van der Waals surface area contributed by atoms with Crippen molar-refractivity contribution >= 4 is 11.7 Å². The first kappa shape index (κ1) is 16.0. The van der Waals surface area contributed by atoms with E-state index >= 15 is 0 Å². The second kappa shape index (κ2) is 5.51. The number of Topliss-reactive ketones (excluding diaryl/α,β-unsaturated/α-hetero) is 1. The Hall–Kier alpha value is -2.07. The van der Waals surface area contributed by atoms with Gasteiger partial charge in [0.15, 0.2) is 5.78 Å². The number of aromatic nitrogens is 2. The highest BCUT2D eigenvalue weighted by Crippen LogP contribution is 2.38. The Morgan fingerprint density at radius 2 is 1.95 bits per heavy atom. The summed E-state index contributed by atoms with van der Waals surface area (Å²) < 4.78 is 61.5. The molecule has 0 aromatic carbocycles. The number of carbonyl (C=O) groups excluding carboxylic acids is 1. The molecule has 0 aliphatic rings. The molecule has 6 nitrogen and oxygen atoms in total. The van der Waals surface area contributed by atoms with E-state index in [-0.39, 0.29) is 0 Å². The van der Waals surface area contributed by atoms with Crippen molar-refractivity contribution in [2.24, 2.45) is 0 Å². The maximum atomic E-state index is 12.6. The molecule has 0 saturated heterocycles. The fourth-order valence-corrected chi connectivity index (χ4v) is 1.30. The maximum Gasteiger partial charge on any atom is 0.453 e. The molecule has 1 heterocycles. The standard InChI is InChI=1S/C9H8F5N3O3/c10-8(11,9(12,13)14)2-1-6(18)5-16-4-3-15-7(16)17(19)20/h3-4H,1-2,5H2. The second-order valence-corrected chi connectivity index (χ2v) is 3.85. The number of hydrogen-bond donors (Lipinski definition) is 0. The number of nitro groups is 1. The van der Waals surface area contributed by atoms with E-state index in [0.29, 0.717) is 0 Å². The van der Waals surface area contributed by atoms with E-state index < -0.39 is 48.1 Å². The summed E-state index contributed by atoms with van der Waals surface area (Å²) in [5.74, 6) is -6.65. The fourth-order valence-electron chi connectivity index (χ4n) is 1.30. The van der Waals surface area contributed by atoms with Crippen LogP contribution in [0.25, 0.3) is 0 Å². The highest BCUT2D eigenvalue weighted by atomic mass is 19.4. The first-order valence-corrected chi connectivity index (χ1v) is 5.16. The van der Waals surface area contributed by atoms with Crippen LogP contribution in [-0.4, -0.2) is 32.4 Å². The molecule has 112 valence electrons. The summed E-state index contributed by atoms with van der Waals surface area (Å²) in [6, 6.07) is 0. The van der Waals surface area contributed by atoms with Gasteiger partial charge < -0.3 is 10.1 Å². The zero-order chi connectivity index (χ0) is 15.6. The number of imidazole rings is 1. The van der Waals surface area contributed by atoms with E-state index in [9.17, 15) is 36.9 Å². The quantitative estimate of drug-likeness (QED) is 0.459. The predicted molar refractivity (Wildman–Crippen MR) is 54.1 cm³/mol. The van der Waals surface area contributed by atoms with Crippen LogP contribution in [-0.2, 0) is 11.3 Å². The van der Waals surface area contributed by atoms with E-state index in [1.807, 2.05) is 0 Å². The maximum absolute atomic E-state index is 12.6. The van der Waals surface area contributed by atoms with E-state index in [1.165, 1.54) is 0 Å². The molecule has 0 aliphatic heterocycles. The lowest BCUT2D eigenvalue weighted by molar-refractivity contribution is -0.396. The normalized spacial score (nSPS) is 12.4. The van der Waals surface area contributed by atoms with Crippen LogP contribution in [0.15, 0.2) is 12.4 Å². The van der Waals surface area contributed by atoms with Crippen LogP contribution in [0.5, 0.6) is 0 Å². The molecule has 0 N–H and O–H groups in total. The summed E-state index contributed by atoms with van der Waals surface area (Å²) in [5.41, 5.74) is 0.